The lowest BCUT2D eigenvalue weighted by Crippen LogP contribution is -2.26. The van der Waals surface area contributed by atoms with Crippen molar-refractivity contribution >= 4 is 45.7 Å². The molecule has 0 amide bonds. The highest BCUT2D eigenvalue weighted by molar-refractivity contribution is 6.14. The SMILES string of the molecule is C1=Cc2ccccc2N(c2ccc3c(-c4ccccc4)nnc(-c4ccccc4)c3c2N2CC=Cc3ccccc32)C1. The summed E-state index contributed by atoms with van der Waals surface area (Å²) in [6.45, 7) is 1.54. The Balaban J connectivity index is 1.50. The zero-order valence-corrected chi connectivity index (χ0v) is 23.1. The maximum absolute atomic E-state index is 4.97. The highest BCUT2D eigenvalue weighted by Crippen LogP contribution is 2.49. The van der Waals surface area contributed by atoms with Gasteiger partial charge < -0.3 is 9.80 Å². The minimum atomic E-state index is 0.756. The van der Waals surface area contributed by atoms with Crippen molar-refractivity contribution in [2.75, 3.05) is 22.9 Å². The lowest BCUT2D eigenvalue weighted by atomic mass is 9.95. The van der Waals surface area contributed by atoms with Gasteiger partial charge in [-0.3, -0.25) is 0 Å². The monoisotopic (exact) mass is 540 g/mol. The molecule has 1 aromatic heterocycles. The molecule has 0 saturated carbocycles. The van der Waals surface area contributed by atoms with Gasteiger partial charge in [-0.15, -0.1) is 10.2 Å². The number of rotatable bonds is 4. The van der Waals surface area contributed by atoms with Gasteiger partial charge in [0, 0.05) is 46.4 Å². The van der Waals surface area contributed by atoms with E-state index in [-0.39, 0.29) is 0 Å². The first-order chi connectivity index (χ1) is 20.9. The summed E-state index contributed by atoms with van der Waals surface area (Å²) in [4.78, 5) is 4.89. The number of para-hydroxylation sites is 2. The van der Waals surface area contributed by atoms with E-state index in [0.717, 1.165) is 57.8 Å². The summed E-state index contributed by atoms with van der Waals surface area (Å²) < 4.78 is 0. The van der Waals surface area contributed by atoms with Gasteiger partial charge in [0.05, 0.1) is 11.4 Å². The molecule has 4 heteroatoms. The molecule has 0 bridgehead atoms. The van der Waals surface area contributed by atoms with Crippen LogP contribution in [0.3, 0.4) is 0 Å². The minimum Gasteiger partial charge on any atom is -0.335 e. The van der Waals surface area contributed by atoms with Gasteiger partial charge in [0.1, 0.15) is 11.4 Å². The largest absolute Gasteiger partial charge is 0.335 e. The first-order valence-corrected chi connectivity index (χ1v) is 14.4. The molecule has 5 aromatic carbocycles. The molecule has 2 aliphatic rings. The Bertz CT molecular complexity index is 1990. The number of nitrogens with zero attached hydrogens (tertiary/aromatic N) is 4. The van der Waals surface area contributed by atoms with Crippen LogP contribution in [0.2, 0.25) is 0 Å². The molecule has 0 saturated heterocycles. The van der Waals surface area contributed by atoms with Crippen molar-refractivity contribution in [2.45, 2.75) is 0 Å². The van der Waals surface area contributed by atoms with Crippen LogP contribution in [0.5, 0.6) is 0 Å². The standard InChI is InChI=1S/C38H28N4/c1-3-15-29(16-4-1)36-31-23-24-34(41-25-11-19-27-13-7-9-21-32(27)41)38(42-26-12-20-28-14-8-10-22-33(28)42)35(31)37(40-39-36)30-17-5-2-6-18-30/h1-24H,25-26H2. The predicted molar refractivity (Wildman–Crippen MR) is 175 cm³/mol. The Labute approximate surface area is 245 Å². The van der Waals surface area contributed by atoms with Crippen molar-refractivity contribution in [2.24, 2.45) is 0 Å². The van der Waals surface area contributed by atoms with Crippen LogP contribution in [-0.4, -0.2) is 23.3 Å². The summed E-state index contributed by atoms with van der Waals surface area (Å²) >= 11 is 0. The maximum atomic E-state index is 4.97. The van der Waals surface area contributed by atoms with Crippen molar-refractivity contribution in [3.63, 3.8) is 0 Å². The molecule has 0 aliphatic carbocycles. The lowest BCUT2D eigenvalue weighted by Gasteiger charge is -2.36. The summed E-state index contributed by atoms with van der Waals surface area (Å²) in [6, 6.07) is 42.6. The van der Waals surface area contributed by atoms with Gasteiger partial charge in [-0.1, -0.05) is 121 Å². The Kier molecular flexibility index (Phi) is 5.89. The Morgan fingerprint density at radius 2 is 0.976 bits per heavy atom. The smallest absolute Gasteiger partial charge is 0.103 e. The van der Waals surface area contributed by atoms with E-state index in [1.54, 1.807) is 0 Å². The third-order valence-corrected chi connectivity index (χ3v) is 8.18. The first-order valence-electron chi connectivity index (χ1n) is 14.4. The molecule has 42 heavy (non-hydrogen) atoms. The Morgan fingerprint density at radius 3 is 1.64 bits per heavy atom. The summed E-state index contributed by atoms with van der Waals surface area (Å²) in [7, 11) is 0. The van der Waals surface area contributed by atoms with Gasteiger partial charge >= 0.3 is 0 Å². The number of hydrogen-bond donors (Lipinski definition) is 0. The number of anilines is 4. The van der Waals surface area contributed by atoms with Crippen molar-refractivity contribution in [1.82, 2.24) is 10.2 Å². The molecular formula is C38H28N4. The number of hydrogen-bond acceptors (Lipinski definition) is 4. The molecule has 0 fully saturated rings. The summed E-state index contributed by atoms with van der Waals surface area (Å²) in [5.41, 5.74) is 11.0. The average Bonchev–Trinajstić information content (AvgIpc) is 3.07. The maximum Gasteiger partial charge on any atom is 0.103 e. The van der Waals surface area contributed by atoms with Crippen LogP contribution in [-0.2, 0) is 0 Å². The van der Waals surface area contributed by atoms with Gasteiger partial charge in [0.25, 0.3) is 0 Å². The summed E-state index contributed by atoms with van der Waals surface area (Å²) in [5, 5.41) is 12.0. The lowest BCUT2D eigenvalue weighted by molar-refractivity contribution is 1.03. The molecule has 0 atom stereocenters. The van der Waals surface area contributed by atoms with Crippen LogP contribution < -0.4 is 9.80 Å². The van der Waals surface area contributed by atoms with E-state index < -0.39 is 0 Å². The molecule has 4 nitrogen and oxygen atoms in total. The minimum absolute atomic E-state index is 0.756. The van der Waals surface area contributed by atoms with Crippen LogP contribution in [0.1, 0.15) is 11.1 Å². The van der Waals surface area contributed by atoms with Crippen LogP contribution in [0.15, 0.2) is 133 Å². The van der Waals surface area contributed by atoms with Crippen molar-refractivity contribution < 1.29 is 0 Å². The van der Waals surface area contributed by atoms with Gasteiger partial charge in [0.2, 0.25) is 0 Å². The molecule has 0 radical (unpaired) electrons. The van der Waals surface area contributed by atoms with Crippen LogP contribution >= 0.6 is 0 Å². The number of benzene rings is 5. The zero-order chi connectivity index (χ0) is 27.9. The number of fused-ring (bicyclic) bond motifs is 3. The van der Waals surface area contributed by atoms with E-state index in [2.05, 4.69) is 143 Å². The second kappa shape index (κ2) is 10.2. The third-order valence-electron chi connectivity index (χ3n) is 8.18. The van der Waals surface area contributed by atoms with Gasteiger partial charge in [-0.2, -0.15) is 0 Å². The summed E-state index contributed by atoms with van der Waals surface area (Å²) in [6.07, 6.45) is 8.95. The van der Waals surface area contributed by atoms with Crippen LogP contribution in [0.4, 0.5) is 22.7 Å². The Morgan fingerprint density at radius 1 is 0.452 bits per heavy atom. The van der Waals surface area contributed by atoms with Crippen LogP contribution in [0.25, 0.3) is 45.4 Å². The third kappa shape index (κ3) is 4.00. The molecular weight excluding hydrogens is 512 g/mol. The fourth-order valence-electron chi connectivity index (χ4n) is 6.27. The topological polar surface area (TPSA) is 32.3 Å². The normalized spacial score (nSPS) is 13.7. The molecule has 0 spiro atoms. The second-order valence-corrected chi connectivity index (χ2v) is 10.6. The predicted octanol–water partition coefficient (Wildman–Crippen LogP) is 9.29. The summed E-state index contributed by atoms with van der Waals surface area (Å²) in [5.74, 6) is 0. The second-order valence-electron chi connectivity index (χ2n) is 10.6. The molecule has 0 unspecified atom stereocenters. The van der Waals surface area contributed by atoms with Crippen LogP contribution in [0, 0.1) is 0 Å². The quantitative estimate of drug-likeness (QED) is 0.223. The zero-order valence-electron chi connectivity index (χ0n) is 23.1. The average molecular weight is 541 g/mol. The molecule has 8 rings (SSSR count). The molecule has 3 heterocycles. The highest BCUT2D eigenvalue weighted by Gasteiger charge is 2.28. The van der Waals surface area contributed by atoms with Gasteiger partial charge in [-0.05, 0) is 35.4 Å². The Hall–Kier alpha value is -5.48. The van der Waals surface area contributed by atoms with E-state index in [1.807, 2.05) is 12.1 Å². The van der Waals surface area contributed by atoms with Crippen molar-refractivity contribution in [1.29, 1.82) is 0 Å². The van der Waals surface area contributed by atoms with Crippen molar-refractivity contribution in [3.8, 4) is 22.5 Å². The van der Waals surface area contributed by atoms with Gasteiger partial charge in [-0.25, -0.2) is 0 Å². The van der Waals surface area contributed by atoms with Crippen molar-refractivity contribution in [3.05, 3.63) is 145 Å². The molecule has 6 aromatic rings. The van der Waals surface area contributed by atoms with E-state index in [0.29, 0.717) is 0 Å². The van der Waals surface area contributed by atoms with E-state index in [4.69, 9.17) is 10.2 Å². The van der Waals surface area contributed by atoms with E-state index in [9.17, 15) is 0 Å². The fourth-order valence-corrected chi connectivity index (χ4v) is 6.27. The van der Waals surface area contributed by atoms with E-state index >= 15 is 0 Å². The molecule has 2 aliphatic heterocycles. The highest BCUT2D eigenvalue weighted by atomic mass is 15.2. The van der Waals surface area contributed by atoms with E-state index in [1.165, 1.54) is 22.5 Å². The number of aromatic nitrogens is 2. The molecule has 200 valence electrons. The van der Waals surface area contributed by atoms with Gasteiger partial charge in [0.15, 0.2) is 0 Å². The first kappa shape index (κ1) is 24.3. The fraction of sp³-hybridized carbons (Fsp3) is 0.0526. The molecule has 0 N–H and O–H groups in total.